The minimum Gasteiger partial charge on any atom is -0.312 e. The SMILES string of the molecule is CC1CC(NCC(C2CC2)C2CC2)CN1C. The Morgan fingerprint density at radius 2 is 1.81 bits per heavy atom. The van der Waals surface area contributed by atoms with Crippen LogP contribution in [0.4, 0.5) is 0 Å². The molecule has 3 rings (SSSR count). The molecule has 2 nitrogen and oxygen atoms in total. The zero-order chi connectivity index (χ0) is 11.1. The van der Waals surface area contributed by atoms with Crippen molar-refractivity contribution in [1.82, 2.24) is 10.2 Å². The number of likely N-dealkylation sites (N-methyl/N-ethyl adjacent to an activating group) is 1. The molecule has 3 aliphatic rings. The monoisotopic (exact) mass is 222 g/mol. The van der Waals surface area contributed by atoms with Crippen molar-refractivity contribution in [3.05, 3.63) is 0 Å². The third kappa shape index (κ3) is 2.43. The molecule has 1 heterocycles. The van der Waals surface area contributed by atoms with Gasteiger partial charge in [-0.2, -0.15) is 0 Å². The van der Waals surface area contributed by atoms with Gasteiger partial charge in [0.25, 0.3) is 0 Å². The molecule has 3 fully saturated rings. The first kappa shape index (κ1) is 11.0. The van der Waals surface area contributed by atoms with Crippen molar-refractivity contribution in [2.45, 2.75) is 51.1 Å². The lowest BCUT2D eigenvalue weighted by Crippen LogP contribution is -2.36. The highest BCUT2D eigenvalue weighted by Gasteiger charge is 2.41. The van der Waals surface area contributed by atoms with Crippen LogP contribution >= 0.6 is 0 Å². The van der Waals surface area contributed by atoms with Gasteiger partial charge in [-0.1, -0.05) is 0 Å². The number of rotatable bonds is 5. The van der Waals surface area contributed by atoms with Crippen molar-refractivity contribution in [2.24, 2.45) is 17.8 Å². The van der Waals surface area contributed by atoms with E-state index in [4.69, 9.17) is 0 Å². The minimum atomic E-state index is 0.764. The first-order valence-corrected chi connectivity index (χ1v) is 7.17. The molecule has 0 bridgehead atoms. The highest BCUT2D eigenvalue weighted by molar-refractivity contribution is 4.94. The lowest BCUT2D eigenvalue weighted by molar-refractivity contribution is 0.320. The van der Waals surface area contributed by atoms with Crippen LogP contribution in [0.1, 0.15) is 39.0 Å². The summed E-state index contributed by atoms with van der Waals surface area (Å²) in [4.78, 5) is 2.49. The normalized spacial score (nSPS) is 36.2. The van der Waals surface area contributed by atoms with E-state index in [-0.39, 0.29) is 0 Å². The van der Waals surface area contributed by atoms with E-state index < -0.39 is 0 Å². The van der Waals surface area contributed by atoms with E-state index in [0.717, 1.165) is 29.8 Å². The molecule has 16 heavy (non-hydrogen) atoms. The highest BCUT2D eigenvalue weighted by Crippen LogP contribution is 2.48. The fourth-order valence-corrected chi connectivity index (χ4v) is 3.41. The summed E-state index contributed by atoms with van der Waals surface area (Å²) < 4.78 is 0. The summed E-state index contributed by atoms with van der Waals surface area (Å²) in [6, 6.07) is 1.54. The van der Waals surface area contributed by atoms with Gasteiger partial charge < -0.3 is 10.2 Å². The molecular weight excluding hydrogens is 196 g/mol. The molecule has 1 saturated heterocycles. The summed E-state index contributed by atoms with van der Waals surface area (Å²) in [5.41, 5.74) is 0. The molecule has 0 spiro atoms. The van der Waals surface area contributed by atoms with E-state index in [2.05, 4.69) is 24.2 Å². The average Bonchev–Trinajstić information content (AvgIpc) is 3.12. The van der Waals surface area contributed by atoms with Crippen LogP contribution in [-0.4, -0.2) is 37.1 Å². The van der Waals surface area contributed by atoms with Crippen LogP contribution < -0.4 is 5.32 Å². The molecule has 0 aromatic rings. The summed E-state index contributed by atoms with van der Waals surface area (Å²) in [7, 11) is 2.26. The smallest absolute Gasteiger partial charge is 0.0209 e. The lowest BCUT2D eigenvalue weighted by Gasteiger charge is -2.19. The van der Waals surface area contributed by atoms with Crippen molar-refractivity contribution in [1.29, 1.82) is 0 Å². The Bertz CT molecular complexity index is 223. The molecule has 0 amide bonds. The molecule has 0 radical (unpaired) electrons. The molecule has 2 atom stereocenters. The van der Waals surface area contributed by atoms with Gasteiger partial charge in [-0.15, -0.1) is 0 Å². The van der Waals surface area contributed by atoms with E-state index >= 15 is 0 Å². The summed E-state index contributed by atoms with van der Waals surface area (Å²) in [5.74, 6) is 3.22. The molecule has 0 aromatic heterocycles. The zero-order valence-electron chi connectivity index (χ0n) is 10.8. The second-order valence-electron chi connectivity index (χ2n) is 6.47. The van der Waals surface area contributed by atoms with Crippen LogP contribution in [0.5, 0.6) is 0 Å². The molecule has 2 heteroatoms. The summed E-state index contributed by atoms with van der Waals surface area (Å²) in [5, 5.41) is 3.84. The number of nitrogens with zero attached hydrogens (tertiary/aromatic N) is 1. The van der Waals surface area contributed by atoms with Gasteiger partial charge in [0.15, 0.2) is 0 Å². The highest BCUT2D eigenvalue weighted by atomic mass is 15.2. The average molecular weight is 222 g/mol. The van der Waals surface area contributed by atoms with Crippen LogP contribution in [-0.2, 0) is 0 Å². The number of hydrogen-bond donors (Lipinski definition) is 1. The quantitative estimate of drug-likeness (QED) is 0.766. The minimum absolute atomic E-state index is 0.764. The second-order valence-corrected chi connectivity index (χ2v) is 6.47. The maximum absolute atomic E-state index is 3.84. The van der Waals surface area contributed by atoms with Crippen molar-refractivity contribution < 1.29 is 0 Å². The number of hydrogen-bond acceptors (Lipinski definition) is 2. The summed E-state index contributed by atoms with van der Waals surface area (Å²) in [6.07, 6.45) is 7.42. The van der Waals surface area contributed by atoms with E-state index in [0.29, 0.717) is 0 Å². The van der Waals surface area contributed by atoms with Crippen LogP contribution in [0.3, 0.4) is 0 Å². The van der Waals surface area contributed by atoms with Gasteiger partial charge in [0, 0.05) is 18.6 Å². The Balaban J connectivity index is 1.44. The molecule has 1 aliphatic heterocycles. The molecule has 92 valence electrons. The second kappa shape index (κ2) is 4.30. The Morgan fingerprint density at radius 1 is 1.19 bits per heavy atom. The first-order valence-electron chi connectivity index (χ1n) is 7.17. The van der Waals surface area contributed by atoms with Gasteiger partial charge in [-0.25, -0.2) is 0 Å². The number of likely N-dealkylation sites (tertiary alicyclic amines) is 1. The first-order chi connectivity index (χ1) is 7.74. The van der Waals surface area contributed by atoms with Gasteiger partial charge in [0.1, 0.15) is 0 Å². The maximum Gasteiger partial charge on any atom is 0.0209 e. The Morgan fingerprint density at radius 3 is 2.25 bits per heavy atom. The Hall–Kier alpha value is -0.0800. The standard InChI is InChI=1S/C14H26N2/c1-10-7-13(9-16(10)2)15-8-14(11-3-4-11)12-5-6-12/h10-15H,3-9H2,1-2H3. The third-order valence-electron chi connectivity index (χ3n) is 4.98. The fraction of sp³-hybridized carbons (Fsp3) is 1.00. The molecule has 2 saturated carbocycles. The van der Waals surface area contributed by atoms with Crippen LogP contribution in [0, 0.1) is 17.8 Å². The molecular formula is C14H26N2. The fourth-order valence-electron chi connectivity index (χ4n) is 3.41. The van der Waals surface area contributed by atoms with Crippen molar-refractivity contribution >= 4 is 0 Å². The van der Waals surface area contributed by atoms with Gasteiger partial charge >= 0.3 is 0 Å². The van der Waals surface area contributed by atoms with Crippen LogP contribution in [0.15, 0.2) is 0 Å². The van der Waals surface area contributed by atoms with E-state index in [1.807, 2.05) is 0 Å². The van der Waals surface area contributed by atoms with E-state index in [1.165, 1.54) is 45.2 Å². The van der Waals surface area contributed by atoms with Gasteiger partial charge in [0.05, 0.1) is 0 Å². The predicted octanol–water partition coefficient (Wildman–Crippen LogP) is 2.10. The van der Waals surface area contributed by atoms with Crippen molar-refractivity contribution in [3.8, 4) is 0 Å². The topological polar surface area (TPSA) is 15.3 Å². The maximum atomic E-state index is 3.84. The van der Waals surface area contributed by atoms with E-state index in [1.54, 1.807) is 0 Å². The third-order valence-corrected chi connectivity index (χ3v) is 4.98. The summed E-state index contributed by atoms with van der Waals surface area (Å²) >= 11 is 0. The predicted molar refractivity (Wildman–Crippen MR) is 67.4 cm³/mol. The van der Waals surface area contributed by atoms with Gasteiger partial charge in [-0.05, 0) is 70.4 Å². The van der Waals surface area contributed by atoms with Crippen molar-refractivity contribution in [2.75, 3.05) is 20.1 Å². The van der Waals surface area contributed by atoms with Gasteiger partial charge in [-0.3, -0.25) is 0 Å². The molecule has 2 unspecified atom stereocenters. The van der Waals surface area contributed by atoms with Crippen LogP contribution in [0.2, 0.25) is 0 Å². The Labute approximate surface area is 99.8 Å². The number of nitrogens with one attached hydrogen (secondary N) is 1. The summed E-state index contributed by atoms with van der Waals surface area (Å²) in [6.45, 7) is 4.91. The van der Waals surface area contributed by atoms with Crippen LogP contribution in [0.25, 0.3) is 0 Å². The molecule has 0 aromatic carbocycles. The van der Waals surface area contributed by atoms with E-state index in [9.17, 15) is 0 Å². The van der Waals surface area contributed by atoms with Gasteiger partial charge in [0.2, 0.25) is 0 Å². The largest absolute Gasteiger partial charge is 0.312 e. The Kier molecular flexibility index (Phi) is 2.97. The zero-order valence-corrected chi connectivity index (χ0v) is 10.8. The van der Waals surface area contributed by atoms with Crippen molar-refractivity contribution in [3.63, 3.8) is 0 Å². The lowest BCUT2D eigenvalue weighted by atomic mass is 9.97. The molecule has 2 aliphatic carbocycles. The molecule has 1 N–H and O–H groups in total.